The molecule has 0 radical (unpaired) electrons. The van der Waals surface area contributed by atoms with Crippen LogP contribution >= 0.6 is 11.6 Å². The van der Waals surface area contributed by atoms with Crippen molar-refractivity contribution in [2.24, 2.45) is 5.92 Å². The molecule has 1 N–H and O–H groups in total. The first-order valence-corrected chi connectivity index (χ1v) is 14.6. The minimum absolute atomic E-state index is 0.127. The van der Waals surface area contributed by atoms with Gasteiger partial charge in [0.2, 0.25) is 21.8 Å². The molecule has 36 heavy (non-hydrogen) atoms. The predicted octanol–water partition coefficient (Wildman–Crippen LogP) is 4.51. The summed E-state index contributed by atoms with van der Waals surface area (Å²) in [6, 6.07) is 15.8. The van der Waals surface area contributed by atoms with Crippen molar-refractivity contribution in [3.8, 4) is 0 Å². The zero-order chi connectivity index (χ0) is 26.7. The van der Waals surface area contributed by atoms with E-state index in [0.717, 1.165) is 11.8 Å². The molecule has 2 rings (SSSR count). The van der Waals surface area contributed by atoms with Gasteiger partial charge < -0.3 is 10.2 Å². The Labute approximate surface area is 220 Å². The van der Waals surface area contributed by atoms with Crippen molar-refractivity contribution in [2.45, 2.75) is 52.5 Å². The van der Waals surface area contributed by atoms with Gasteiger partial charge >= 0.3 is 0 Å². The van der Waals surface area contributed by atoms with Crippen molar-refractivity contribution in [1.82, 2.24) is 10.2 Å². The largest absolute Gasteiger partial charge is 0.354 e. The third-order valence-corrected chi connectivity index (χ3v) is 7.27. The zero-order valence-electron chi connectivity index (χ0n) is 21.6. The lowest BCUT2D eigenvalue weighted by Crippen LogP contribution is -2.50. The smallest absolute Gasteiger partial charge is 0.242 e. The highest BCUT2D eigenvalue weighted by molar-refractivity contribution is 7.92. The Balaban J connectivity index is 2.14. The van der Waals surface area contributed by atoms with Gasteiger partial charge in [-0.25, -0.2) is 8.42 Å². The quantitative estimate of drug-likeness (QED) is 0.385. The second-order valence-corrected chi connectivity index (χ2v) is 11.6. The molecule has 0 heterocycles. The van der Waals surface area contributed by atoms with Gasteiger partial charge in [-0.1, -0.05) is 62.7 Å². The lowest BCUT2D eigenvalue weighted by atomic mass is 10.1. The van der Waals surface area contributed by atoms with Crippen LogP contribution in [0, 0.1) is 5.92 Å². The Morgan fingerprint density at radius 1 is 1.00 bits per heavy atom. The molecule has 0 fully saturated rings. The number of anilines is 1. The van der Waals surface area contributed by atoms with Crippen molar-refractivity contribution in [2.75, 3.05) is 30.2 Å². The summed E-state index contributed by atoms with van der Waals surface area (Å²) >= 11 is 5.94. The minimum atomic E-state index is -3.54. The van der Waals surface area contributed by atoms with E-state index in [1.807, 2.05) is 51.1 Å². The highest BCUT2D eigenvalue weighted by atomic mass is 35.5. The van der Waals surface area contributed by atoms with Gasteiger partial charge in [-0.05, 0) is 55.0 Å². The lowest BCUT2D eigenvalue weighted by Gasteiger charge is -2.31. The summed E-state index contributed by atoms with van der Waals surface area (Å²) in [5.41, 5.74) is 1.58. The van der Waals surface area contributed by atoms with Gasteiger partial charge in [0.25, 0.3) is 0 Å². The number of benzene rings is 2. The van der Waals surface area contributed by atoms with Crippen molar-refractivity contribution in [1.29, 1.82) is 0 Å². The van der Waals surface area contributed by atoms with E-state index in [-0.39, 0.29) is 24.8 Å². The lowest BCUT2D eigenvalue weighted by molar-refractivity contribution is -0.140. The van der Waals surface area contributed by atoms with Crippen LogP contribution in [-0.4, -0.2) is 57.1 Å². The fraction of sp³-hybridized carbons (Fsp3) is 0.481. The monoisotopic (exact) mass is 535 g/mol. The molecule has 2 amide bonds. The molecule has 0 spiro atoms. The van der Waals surface area contributed by atoms with Crippen molar-refractivity contribution in [3.05, 3.63) is 65.2 Å². The van der Waals surface area contributed by atoms with Gasteiger partial charge in [0.1, 0.15) is 6.04 Å². The van der Waals surface area contributed by atoms with E-state index < -0.39 is 16.1 Å². The molecule has 7 nitrogen and oxygen atoms in total. The minimum Gasteiger partial charge on any atom is -0.354 e. The molecule has 2 aromatic rings. The van der Waals surface area contributed by atoms with Crippen LogP contribution in [0.15, 0.2) is 54.6 Å². The fourth-order valence-corrected chi connectivity index (χ4v) is 5.02. The Morgan fingerprint density at radius 2 is 1.64 bits per heavy atom. The first-order chi connectivity index (χ1) is 17.0. The van der Waals surface area contributed by atoms with Crippen LogP contribution in [0.25, 0.3) is 0 Å². The Morgan fingerprint density at radius 3 is 2.19 bits per heavy atom. The normalized spacial score (nSPS) is 12.3. The first-order valence-electron chi connectivity index (χ1n) is 12.4. The standard InChI is InChI=1S/C27H38ClN3O4S/c1-5-25(27(33)29-20-21(2)3)30(19-17-22-10-7-6-8-11-22)26(32)12-9-18-31(36(4,34)35)24-15-13-23(28)14-16-24/h6-8,10-11,13-16,21,25H,5,9,12,17-20H2,1-4H3,(H,29,33). The number of nitrogens with zero attached hydrogens (tertiary/aromatic N) is 2. The topological polar surface area (TPSA) is 86.8 Å². The summed E-state index contributed by atoms with van der Waals surface area (Å²) in [6.45, 7) is 7.04. The van der Waals surface area contributed by atoms with E-state index in [4.69, 9.17) is 11.6 Å². The van der Waals surface area contributed by atoms with Crippen molar-refractivity contribution in [3.63, 3.8) is 0 Å². The fourth-order valence-electron chi connectivity index (χ4n) is 3.93. The molecule has 0 aliphatic carbocycles. The second kappa shape index (κ2) is 14.2. The molecule has 198 valence electrons. The predicted molar refractivity (Wildman–Crippen MR) is 147 cm³/mol. The first kappa shape index (κ1) is 29.6. The number of nitrogens with one attached hydrogen (secondary N) is 1. The van der Waals surface area contributed by atoms with E-state index in [1.165, 1.54) is 4.31 Å². The summed E-state index contributed by atoms with van der Waals surface area (Å²) in [7, 11) is -3.54. The maximum atomic E-state index is 13.4. The number of sulfonamides is 1. The third kappa shape index (κ3) is 9.47. The van der Waals surface area contributed by atoms with Crippen LogP contribution in [0.5, 0.6) is 0 Å². The van der Waals surface area contributed by atoms with E-state index in [1.54, 1.807) is 29.2 Å². The number of rotatable bonds is 14. The Hall–Kier alpha value is -2.58. The maximum Gasteiger partial charge on any atom is 0.242 e. The summed E-state index contributed by atoms with van der Waals surface area (Å²) in [5, 5.41) is 3.47. The number of amides is 2. The molecule has 0 saturated heterocycles. The molecular formula is C27H38ClN3O4S. The van der Waals surface area contributed by atoms with Crippen LogP contribution in [-0.2, 0) is 26.0 Å². The second-order valence-electron chi connectivity index (χ2n) is 9.30. The molecular weight excluding hydrogens is 498 g/mol. The molecule has 1 unspecified atom stereocenters. The number of hydrogen-bond donors (Lipinski definition) is 1. The van der Waals surface area contributed by atoms with Crippen molar-refractivity contribution >= 4 is 39.1 Å². The number of carbonyl (C=O) groups excluding carboxylic acids is 2. The highest BCUT2D eigenvalue weighted by Crippen LogP contribution is 2.21. The van der Waals surface area contributed by atoms with Gasteiger partial charge in [0.05, 0.1) is 11.9 Å². The molecule has 0 aliphatic rings. The number of halogens is 1. The van der Waals surface area contributed by atoms with Gasteiger partial charge in [-0.15, -0.1) is 0 Å². The highest BCUT2D eigenvalue weighted by Gasteiger charge is 2.28. The van der Waals surface area contributed by atoms with E-state index in [0.29, 0.717) is 49.0 Å². The van der Waals surface area contributed by atoms with Gasteiger partial charge in [0, 0.05) is 31.1 Å². The van der Waals surface area contributed by atoms with Gasteiger partial charge in [-0.3, -0.25) is 13.9 Å². The Kier molecular flexibility index (Phi) is 11.7. The van der Waals surface area contributed by atoms with Crippen molar-refractivity contribution < 1.29 is 18.0 Å². The van der Waals surface area contributed by atoms with Crippen LogP contribution in [0.1, 0.15) is 45.6 Å². The molecule has 0 bridgehead atoms. The Bertz CT molecular complexity index is 1080. The average Bonchev–Trinajstić information content (AvgIpc) is 2.83. The van der Waals surface area contributed by atoms with Gasteiger partial charge in [0.15, 0.2) is 0 Å². The maximum absolute atomic E-state index is 13.4. The number of hydrogen-bond acceptors (Lipinski definition) is 4. The van der Waals surface area contributed by atoms with E-state index >= 15 is 0 Å². The average molecular weight is 536 g/mol. The van der Waals surface area contributed by atoms with Crippen LogP contribution in [0.2, 0.25) is 5.02 Å². The third-order valence-electron chi connectivity index (χ3n) is 5.82. The summed E-state index contributed by atoms with van der Waals surface area (Å²) in [4.78, 5) is 28.0. The molecule has 2 aromatic carbocycles. The molecule has 0 saturated carbocycles. The van der Waals surface area contributed by atoms with E-state index in [2.05, 4.69) is 5.32 Å². The molecule has 0 aromatic heterocycles. The summed E-state index contributed by atoms with van der Waals surface area (Å²) in [6.07, 6.45) is 2.70. The molecule has 9 heteroatoms. The van der Waals surface area contributed by atoms with Crippen LogP contribution < -0.4 is 9.62 Å². The molecule has 0 aliphatic heterocycles. The summed E-state index contributed by atoms with van der Waals surface area (Å²) < 4.78 is 26.1. The zero-order valence-corrected chi connectivity index (χ0v) is 23.2. The van der Waals surface area contributed by atoms with Gasteiger partial charge in [-0.2, -0.15) is 0 Å². The summed E-state index contributed by atoms with van der Waals surface area (Å²) in [5.74, 6) is -0.0247. The van der Waals surface area contributed by atoms with E-state index in [9.17, 15) is 18.0 Å². The number of carbonyl (C=O) groups is 2. The molecule has 1 atom stereocenters. The van der Waals surface area contributed by atoms with Crippen LogP contribution in [0.3, 0.4) is 0 Å². The SMILES string of the molecule is CCC(C(=O)NCC(C)C)N(CCc1ccccc1)C(=O)CCCN(c1ccc(Cl)cc1)S(C)(=O)=O. The van der Waals surface area contributed by atoms with Crippen LogP contribution in [0.4, 0.5) is 5.69 Å².